The molecule has 1 aliphatic heterocycles. The monoisotopic (exact) mass is 463 g/mol. The number of nitrogens with zero attached hydrogens (tertiary/aromatic N) is 4. The average molecular weight is 464 g/mol. The molecule has 0 unspecified atom stereocenters. The van der Waals surface area contributed by atoms with E-state index in [1.54, 1.807) is 6.20 Å². The molecule has 5 rings (SSSR count). The van der Waals surface area contributed by atoms with Crippen molar-refractivity contribution in [1.82, 2.24) is 15.0 Å². The van der Waals surface area contributed by atoms with Crippen molar-refractivity contribution in [2.75, 3.05) is 0 Å². The van der Waals surface area contributed by atoms with Crippen LogP contribution in [0.15, 0.2) is 47.1 Å². The van der Waals surface area contributed by atoms with Gasteiger partial charge in [-0.3, -0.25) is 4.99 Å². The molecule has 1 aliphatic carbocycles. The quantitative estimate of drug-likeness (QED) is 0.538. The van der Waals surface area contributed by atoms with E-state index >= 15 is 0 Å². The van der Waals surface area contributed by atoms with Crippen LogP contribution in [0.1, 0.15) is 50.0 Å². The molecule has 0 spiro atoms. The van der Waals surface area contributed by atoms with Crippen LogP contribution in [0.5, 0.6) is 0 Å². The highest BCUT2D eigenvalue weighted by molar-refractivity contribution is 5.90. The molecule has 0 bridgehead atoms. The number of nitrogens with two attached hydrogens (primary N) is 1. The molecular formula is C26H27F2N5O. The van der Waals surface area contributed by atoms with Gasteiger partial charge < -0.3 is 10.5 Å². The SMILES string of the molecule is Cc1ccc2c(-c3ccc(F)cc3F)nc([C@@H]3C[C@@H](C)O[C@H](/C(C=NC4CC4)=C/N)C3)nc2n1. The molecule has 2 aromatic heterocycles. The number of rotatable bonds is 5. The lowest BCUT2D eigenvalue weighted by Crippen LogP contribution is -2.33. The minimum absolute atomic E-state index is 0.0491. The molecule has 0 amide bonds. The first-order chi connectivity index (χ1) is 16.4. The van der Waals surface area contributed by atoms with Crippen LogP contribution in [-0.2, 0) is 4.74 Å². The van der Waals surface area contributed by atoms with Crippen molar-refractivity contribution < 1.29 is 13.5 Å². The summed E-state index contributed by atoms with van der Waals surface area (Å²) < 4.78 is 34.5. The first-order valence-corrected chi connectivity index (χ1v) is 11.6. The maximum Gasteiger partial charge on any atom is 0.163 e. The number of aliphatic imine (C=N–C) groups is 1. The fourth-order valence-corrected chi connectivity index (χ4v) is 4.41. The Morgan fingerprint density at radius 3 is 2.68 bits per heavy atom. The standard InChI is InChI=1S/C26H27F2N5O/c1-14-3-7-21-24(20-8-4-18(27)11-22(20)28)32-25(33-26(21)31-14)16-9-15(2)34-23(10-16)17(12-29)13-30-19-5-6-19/h3-4,7-8,11-13,15-16,19,23H,5-6,9-10,29H2,1-2H3/b17-12+,30-13?/t15-,16-,23+/m1/s1. The summed E-state index contributed by atoms with van der Waals surface area (Å²) in [6.45, 7) is 3.89. The zero-order chi connectivity index (χ0) is 23.8. The maximum atomic E-state index is 14.8. The fourth-order valence-electron chi connectivity index (χ4n) is 4.41. The predicted octanol–water partition coefficient (Wildman–Crippen LogP) is 5.01. The van der Waals surface area contributed by atoms with Crippen molar-refractivity contribution in [3.8, 4) is 11.3 Å². The molecule has 34 heavy (non-hydrogen) atoms. The summed E-state index contributed by atoms with van der Waals surface area (Å²) in [5.74, 6) is -0.787. The first kappa shape index (κ1) is 22.5. The second kappa shape index (κ2) is 9.18. The van der Waals surface area contributed by atoms with Gasteiger partial charge in [0.05, 0.1) is 23.9 Å². The largest absolute Gasteiger partial charge is 0.404 e. The predicted molar refractivity (Wildman–Crippen MR) is 128 cm³/mol. The Morgan fingerprint density at radius 2 is 1.94 bits per heavy atom. The van der Waals surface area contributed by atoms with Crippen LogP contribution in [0.2, 0.25) is 0 Å². The van der Waals surface area contributed by atoms with Crippen molar-refractivity contribution >= 4 is 17.2 Å². The van der Waals surface area contributed by atoms with Gasteiger partial charge >= 0.3 is 0 Å². The third-order valence-corrected chi connectivity index (χ3v) is 6.32. The molecule has 3 heterocycles. The Balaban J connectivity index is 1.56. The number of hydrogen-bond donors (Lipinski definition) is 1. The number of hydrogen-bond acceptors (Lipinski definition) is 6. The summed E-state index contributed by atoms with van der Waals surface area (Å²) in [5.41, 5.74) is 8.66. The average Bonchev–Trinajstić information content (AvgIpc) is 3.63. The van der Waals surface area contributed by atoms with Crippen LogP contribution in [0.25, 0.3) is 22.3 Å². The number of pyridine rings is 1. The summed E-state index contributed by atoms with van der Waals surface area (Å²) >= 11 is 0. The second-order valence-corrected chi connectivity index (χ2v) is 9.16. The Kier molecular flexibility index (Phi) is 6.08. The van der Waals surface area contributed by atoms with Gasteiger partial charge in [0.2, 0.25) is 0 Å². The summed E-state index contributed by atoms with van der Waals surface area (Å²) in [5, 5.41) is 0.621. The van der Waals surface area contributed by atoms with Crippen LogP contribution in [0, 0.1) is 18.6 Å². The van der Waals surface area contributed by atoms with Crippen molar-refractivity contribution in [1.29, 1.82) is 0 Å². The van der Waals surface area contributed by atoms with E-state index < -0.39 is 11.6 Å². The van der Waals surface area contributed by atoms with Gasteiger partial charge in [-0.15, -0.1) is 0 Å². The highest BCUT2D eigenvalue weighted by atomic mass is 19.1. The number of benzene rings is 1. The van der Waals surface area contributed by atoms with E-state index in [1.165, 1.54) is 12.1 Å². The highest BCUT2D eigenvalue weighted by Gasteiger charge is 2.33. The molecule has 1 saturated carbocycles. The molecule has 6 nitrogen and oxygen atoms in total. The highest BCUT2D eigenvalue weighted by Crippen LogP contribution is 2.37. The summed E-state index contributed by atoms with van der Waals surface area (Å²) in [6.07, 6.45) is 6.63. The minimum Gasteiger partial charge on any atom is -0.404 e. The van der Waals surface area contributed by atoms with Crippen LogP contribution in [0.4, 0.5) is 8.78 Å². The van der Waals surface area contributed by atoms with Crippen LogP contribution in [0.3, 0.4) is 0 Å². The number of aryl methyl sites for hydroxylation is 1. The van der Waals surface area contributed by atoms with Gasteiger partial charge in [0, 0.05) is 46.6 Å². The summed E-state index contributed by atoms with van der Waals surface area (Å²) in [7, 11) is 0. The van der Waals surface area contributed by atoms with Gasteiger partial charge in [0.1, 0.15) is 17.5 Å². The summed E-state index contributed by atoms with van der Waals surface area (Å²) in [6, 6.07) is 7.57. The lowest BCUT2D eigenvalue weighted by Gasteiger charge is -2.33. The van der Waals surface area contributed by atoms with E-state index in [2.05, 4.69) is 9.98 Å². The lowest BCUT2D eigenvalue weighted by molar-refractivity contribution is -0.0272. The van der Waals surface area contributed by atoms with E-state index in [4.69, 9.17) is 20.4 Å². The van der Waals surface area contributed by atoms with Gasteiger partial charge in [0.15, 0.2) is 5.65 Å². The Morgan fingerprint density at radius 1 is 1.12 bits per heavy atom. The molecule has 2 fully saturated rings. The Labute approximate surface area is 197 Å². The molecule has 0 radical (unpaired) electrons. The Bertz CT molecular complexity index is 1290. The molecule has 2 N–H and O–H groups in total. The van der Waals surface area contributed by atoms with Crippen LogP contribution in [-0.4, -0.2) is 39.4 Å². The van der Waals surface area contributed by atoms with Gasteiger partial charge in [-0.25, -0.2) is 23.7 Å². The molecule has 2 aliphatic rings. The van der Waals surface area contributed by atoms with E-state index in [9.17, 15) is 8.78 Å². The second-order valence-electron chi connectivity index (χ2n) is 9.16. The number of aromatic nitrogens is 3. The lowest BCUT2D eigenvalue weighted by atomic mass is 9.88. The van der Waals surface area contributed by atoms with E-state index in [1.807, 2.05) is 32.2 Å². The van der Waals surface area contributed by atoms with E-state index in [-0.39, 0.29) is 23.7 Å². The van der Waals surface area contributed by atoms with Crippen LogP contribution < -0.4 is 5.73 Å². The van der Waals surface area contributed by atoms with Gasteiger partial charge in [0.25, 0.3) is 0 Å². The minimum atomic E-state index is -0.672. The van der Waals surface area contributed by atoms with Crippen molar-refractivity contribution in [3.63, 3.8) is 0 Å². The van der Waals surface area contributed by atoms with Gasteiger partial charge in [-0.05, 0) is 63.8 Å². The zero-order valence-corrected chi connectivity index (χ0v) is 19.2. The number of fused-ring (bicyclic) bond motifs is 1. The molecule has 1 aromatic carbocycles. The molecule has 8 heteroatoms. The molecule has 3 aromatic rings. The topological polar surface area (TPSA) is 86.3 Å². The zero-order valence-electron chi connectivity index (χ0n) is 19.2. The van der Waals surface area contributed by atoms with Gasteiger partial charge in [-0.2, -0.15) is 0 Å². The third kappa shape index (κ3) is 4.68. The fraction of sp³-hybridized carbons (Fsp3) is 0.385. The van der Waals surface area contributed by atoms with Crippen molar-refractivity contribution in [2.45, 2.75) is 63.7 Å². The normalized spacial score (nSPS) is 23.6. The molecule has 3 atom stereocenters. The Hall–Kier alpha value is -3.26. The maximum absolute atomic E-state index is 14.8. The number of halogens is 2. The summed E-state index contributed by atoms with van der Waals surface area (Å²) in [4.78, 5) is 18.7. The van der Waals surface area contributed by atoms with Gasteiger partial charge in [-0.1, -0.05) is 0 Å². The molecule has 176 valence electrons. The van der Waals surface area contributed by atoms with Crippen LogP contribution >= 0.6 is 0 Å². The van der Waals surface area contributed by atoms with Crippen molar-refractivity contribution in [2.24, 2.45) is 10.7 Å². The first-order valence-electron chi connectivity index (χ1n) is 11.6. The van der Waals surface area contributed by atoms with Crippen molar-refractivity contribution in [3.05, 3.63) is 65.3 Å². The smallest absolute Gasteiger partial charge is 0.163 e. The van der Waals surface area contributed by atoms with E-state index in [0.29, 0.717) is 41.4 Å². The molecule has 1 saturated heterocycles. The molecular weight excluding hydrogens is 436 g/mol. The third-order valence-electron chi connectivity index (χ3n) is 6.32. The number of ether oxygens (including phenoxy) is 1. The van der Waals surface area contributed by atoms with E-state index in [0.717, 1.165) is 30.2 Å².